The van der Waals surface area contributed by atoms with Crippen molar-refractivity contribution in [2.75, 3.05) is 24.4 Å². The molecule has 238 valence electrons. The fraction of sp³-hybridized carbons (Fsp3) is 0.231. The quantitative estimate of drug-likeness (QED) is 0.0409. The van der Waals surface area contributed by atoms with E-state index in [0.29, 0.717) is 12.0 Å². The van der Waals surface area contributed by atoms with Crippen molar-refractivity contribution in [2.45, 2.75) is 37.6 Å². The lowest BCUT2D eigenvalue weighted by atomic mass is 9.95. The highest BCUT2D eigenvalue weighted by atomic mass is 32.2. The molecule has 7 nitrogen and oxygen atoms in total. The van der Waals surface area contributed by atoms with Crippen molar-refractivity contribution in [3.05, 3.63) is 137 Å². The summed E-state index contributed by atoms with van der Waals surface area (Å²) in [5.74, 6) is -0.686. The zero-order valence-corrected chi connectivity index (χ0v) is 27.0. The van der Waals surface area contributed by atoms with Crippen LogP contribution in [-0.2, 0) is 23.8 Å². The Morgan fingerprint density at radius 1 is 0.894 bits per heavy atom. The van der Waals surface area contributed by atoms with Crippen LogP contribution in [0.15, 0.2) is 109 Å². The molecule has 0 aromatic heterocycles. The molecule has 8 heteroatoms. The van der Waals surface area contributed by atoms with Crippen LogP contribution >= 0.6 is 0 Å². The van der Waals surface area contributed by atoms with Crippen LogP contribution in [0.3, 0.4) is 0 Å². The van der Waals surface area contributed by atoms with Gasteiger partial charge in [-0.1, -0.05) is 85.3 Å². The molecule has 0 spiro atoms. The minimum Gasteiger partial charge on any atom is -0.462 e. The topological polar surface area (TPSA) is 96.7 Å². The zero-order chi connectivity index (χ0) is 32.8. The van der Waals surface area contributed by atoms with Crippen LogP contribution in [0.4, 0.5) is 11.4 Å². The van der Waals surface area contributed by atoms with Gasteiger partial charge in [0, 0.05) is 23.3 Å². The average Bonchev–Trinajstić information content (AvgIpc) is 3.70. The van der Waals surface area contributed by atoms with Crippen molar-refractivity contribution < 1.29 is 22.1 Å². The van der Waals surface area contributed by atoms with E-state index in [1.807, 2.05) is 24.3 Å². The first-order valence-electron chi connectivity index (χ1n) is 15.8. The molecule has 2 unspecified atom stereocenters. The van der Waals surface area contributed by atoms with Crippen LogP contribution in [0.1, 0.15) is 59.4 Å². The predicted octanol–water partition coefficient (Wildman–Crippen LogP) is 7.88. The van der Waals surface area contributed by atoms with E-state index in [-0.39, 0.29) is 24.4 Å². The molecule has 4 aromatic rings. The van der Waals surface area contributed by atoms with Gasteiger partial charge in [0.2, 0.25) is 0 Å². The minimum atomic E-state index is -3.64. The first-order chi connectivity index (χ1) is 22.9. The number of carbonyl (C=O) groups is 1. The second-order valence-corrected chi connectivity index (χ2v) is 13.6. The van der Waals surface area contributed by atoms with Gasteiger partial charge in [0.05, 0.1) is 19.5 Å². The maximum atomic E-state index is 12.6. The molecule has 0 amide bonds. The molecule has 2 aliphatic rings. The molecular weight excluding hydrogens is 609 g/mol. The van der Waals surface area contributed by atoms with Crippen molar-refractivity contribution in [3.8, 4) is 6.07 Å². The van der Waals surface area contributed by atoms with E-state index in [0.717, 1.165) is 48.9 Å². The Balaban J connectivity index is 1.23. The standard InChI is InChI=1S/C39H36N2O5S/c1-45-47(43,44)23-9-22-46-39(42)32(27-40)24-29-18-21-38-36(26-29)34-14-8-15-37(34)41(38)33-19-16-28(17-20-33)25-35(30-10-4-2-5-11-30)31-12-6-3-7-13-31/h2-7,10-13,16-21,24-26,34,37H,8-9,14-15,22-23H2,1H3/b32-24+. The lowest BCUT2D eigenvalue weighted by Gasteiger charge is -2.27. The van der Waals surface area contributed by atoms with E-state index >= 15 is 0 Å². The smallest absolute Gasteiger partial charge is 0.348 e. The molecule has 1 saturated carbocycles. The summed E-state index contributed by atoms with van der Waals surface area (Å²) < 4.78 is 32.5. The predicted molar refractivity (Wildman–Crippen MR) is 185 cm³/mol. The zero-order valence-electron chi connectivity index (χ0n) is 26.2. The van der Waals surface area contributed by atoms with Crippen LogP contribution < -0.4 is 4.90 Å². The lowest BCUT2D eigenvalue weighted by molar-refractivity contribution is -0.138. The number of rotatable bonds is 11. The third-order valence-corrected chi connectivity index (χ3v) is 10.1. The van der Waals surface area contributed by atoms with Gasteiger partial charge in [-0.25, -0.2) is 4.79 Å². The summed E-state index contributed by atoms with van der Waals surface area (Å²) in [4.78, 5) is 15.0. The van der Waals surface area contributed by atoms with Gasteiger partial charge in [-0.15, -0.1) is 0 Å². The number of nitrogens with zero attached hydrogens (tertiary/aromatic N) is 2. The van der Waals surface area contributed by atoms with Gasteiger partial charge in [-0.2, -0.15) is 13.7 Å². The largest absolute Gasteiger partial charge is 0.462 e. The third-order valence-electron chi connectivity index (χ3n) is 8.85. The van der Waals surface area contributed by atoms with Crippen molar-refractivity contribution >= 4 is 45.2 Å². The molecule has 1 heterocycles. The molecule has 47 heavy (non-hydrogen) atoms. The van der Waals surface area contributed by atoms with Crippen molar-refractivity contribution in [1.29, 1.82) is 5.26 Å². The summed E-state index contributed by atoms with van der Waals surface area (Å²) in [6.45, 7) is -0.127. The van der Waals surface area contributed by atoms with Gasteiger partial charge in [0.25, 0.3) is 10.1 Å². The third kappa shape index (κ3) is 7.22. The first kappa shape index (κ1) is 32.0. The molecule has 4 aromatic carbocycles. The highest BCUT2D eigenvalue weighted by molar-refractivity contribution is 7.86. The van der Waals surface area contributed by atoms with E-state index in [1.165, 1.54) is 22.3 Å². The van der Waals surface area contributed by atoms with Crippen LogP contribution in [0, 0.1) is 11.3 Å². The Morgan fingerprint density at radius 3 is 2.19 bits per heavy atom. The number of carbonyl (C=O) groups excluding carboxylic acids is 1. The molecule has 0 saturated heterocycles. The maximum absolute atomic E-state index is 12.6. The number of anilines is 2. The number of esters is 1. The van der Waals surface area contributed by atoms with E-state index < -0.39 is 16.1 Å². The SMILES string of the molecule is COS(=O)(=O)CCCOC(=O)/C(C#N)=C/c1ccc2c(c1)C1CCCC1N2c1ccc(C=C(c2ccccc2)c2ccccc2)cc1. The van der Waals surface area contributed by atoms with E-state index in [9.17, 15) is 18.5 Å². The first-order valence-corrected chi connectivity index (χ1v) is 17.4. The molecule has 1 aliphatic carbocycles. The molecule has 6 rings (SSSR count). The summed E-state index contributed by atoms with van der Waals surface area (Å²) in [6.07, 6.45) is 7.17. The van der Waals surface area contributed by atoms with Crippen LogP contribution in [0.5, 0.6) is 0 Å². The number of ether oxygens (including phenoxy) is 1. The molecular formula is C39H36N2O5S. The van der Waals surface area contributed by atoms with Gasteiger partial charge in [0.1, 0.15) is 11.6 Å². The number of fused-ring (bicyclic) bond motifs is 3. The fourth-order valence-electron chi connectivity index (χ4n) is 6.63. The highest BCUT2D eigenvalue weighted by Gasteiger charge is 2.42. The summed E-state index contributed by atoms with van der Waals surface area (Å²) in [5, 5.41) is 9.68. The Hall–Kier alpha value is -4.97. The number of benzene rings is 4. The summed E-state index contributed by atoms with van der Waals surface area (Å²) in [5.41, 5.74) is 8.75. The summed E-state index contributed by atoms with van der Waals surface area (Å²) in [7, 11) is -2.55. The van der Waals surface area contributed by atoms with Crippen LogP contribution in [0.25, 0.3) is 17.7 Å². The highest BCUT2D eigenvalue weighted by Crippen LogP contribution is 2.52. The van der Waals surface area contributed by atoms with E-state index in [2.05, 4.69) is 100 Å². The summed E-state index contributed by atoms with van der Waals surface area (Å²) >= 11 is 0. The Bertz CT molecular complexity index is 1900. The second-order valence-electron chi connectivity index (χ2n) is 11.8. The molecule has 2 atom stereocenters. The van der Waals surface area contributed by atoms with Crippen LogP contribution in [0.2, 0.25) is 0 Å². The van der Waals surface area contributed by atoms with Gasteiger partial charge in [-0.3, -0.25) is 4.18 Å². The van der Waals surface area contributed by atoms with Crippen molar-refractivity contribution in [2.24, 2.45) is 0 Å². The Labute approximate surface area is 276 Å². The number of hydrogen-bond donors (Lipinski definition) is 0. The number of hydrogen-bond acceptors (Lipinski definition) is 7. The molecule has 1 aliphatic heterocycles. The molecule has 0 bridgehead atoms. The van der Waals surface area contributed by atoms with Crippen LogP contribution in [-0.4, -0.2) is 39.9 Å². The second kappa shape index (κ2) is 14.2. The maximum Gasteiger partial charge on any atom is 0.348 e. The monoisotopic (exact) mass is 644 g/mol. The van der Waals surface area contributed by atoms with E-state index in [4.69, 9.17) is 4.74 Å². The molecule has 0 radical (unpaired) electrons. The van der Waals surface area contributed by atoms with Crippen molar-refractivity contribution in [1.82, 2.24) is 0 Å². The Morgan fingerprint density at radius 2 is 1.55 bits per heavy atom. The molecule has 0 N–H and O–H groups in total. The minimum absolute atomic E-state index is 0.0802. The summed E-state index contributed by atoms with van der Waals surface area (Å²) in [6, 6.07) is 38.0. The lowest BCUT2D eigenvalue weighted by Crippen LogP contribution is -2.26. The normalized spacial score (nSPS) is 17.0. The molecule has 1 fully saturated rings. The number of nitriles is 1. The van der Waals surface area contributed by atoms with Gasteiger partial charge >= 0.3 is 5.97 Å². The van der Waals surface area contributed by atoms with E-state index in [1.54, 1.807) is 6.08 Å². The fourth-order valence-corrected chi connectivity index (χ4v) is 7.27. The van der Waals surface area contributed by atoms with Crippen molar-refractivity contribution in [3.63, 3.8) is 0 Å². The average molecular weight is 645 g/mol. The van der Waals surface area contributed by atoms with Gasteiger partial charge in [0.15, 0.2) is 0 Å². The van der Waals surface area contributed by atoms with Gasteiger partial charge < -0.3 is 9.64 Å². The van der Waals surface area contributed by atoms with Gasteiger partial charge in [-0.05, 0) is 89.1 Å². The Kier molecular flexibility index (Phi) is 9.67.